The first kappa shape index (κ1) is 16.3. The van der Waals surface area contributed by atoms with Gasteiger partial charge in [-0.3, -0.25) is 0 Å². The maximum Gasteiger partial charge on any atom is 1.00 e. The topological polar surface area (TPSA) is 58.6 Å². The van der Waals surface area contributed by atoms with Gasteiger partial charge in [-0.25, -0.2) is 0 Å². The molecule has 0 aromatic heterocycles. The van der Waals surface area contributed by atoms with Crippen molar-refractivity contribution in [2.75, 3.05) is 6.61 Å². The minimum absolute atomic E-state index is 0. The van der Waals surface area contributed by atoms with Crippen LogP contribution in [0.25, 0.3) is 0 Å². The first-order valence-corrected chi connectivity index (χ1v) is 5.54. The molecular weight excluding hydrogens is 259 g/mol. The monoisotopic (exact) mass is 274 g/mol. The Morgan fingerprint density at radius 2 is 1.83 bits per heavy atom. The SMILES string of the molecule is Cc1cc(C)c([C@H]2OC[C@@H](C(=O)[O-])O2)c(C)c1.[K+]. The van der Waals surface area contributed by atoms with Crippen LogP contribution >= 0.6 is 0 Å². The number of carboxylic acids is 1. The molecule has 1 aliphatic rings. The molecule has 1 heterocycles. The van der Waals surface area contributed by atoms with Crippen LogP contribution in [0.1, 0.15) is 28.5 Å². The summed E-state index contributed by atoms with van der Waals surface area (Å²) in [6.45, 7) is 5.99. The molecule has 2 rings (SSSR count). The summed E-state index contributed by atoms with van der Waals surface area (Å²) in [5.74, 6) is -1.23. The molecule has 0 amide bonds. The van der Waals surface area contributed by atoms with Crippen LogP contribution in [0.15, 0.2) is 12.1 Å². The predicted octanol–water partition coefficient (Wildman–Crippen LogP) is -2.22. The van der Waals surface area contributed by atoms with E-state index in [9.17, 15) is 9.90 Å². The Hall–Kier alpha value is 0.246. The summed E-state index contributed by atoms with van der Waals surface area (Å²) in [7, 11) is 0. The summed E-state index contributed by atoms with van der Waals surface area (Å²) < 4.78 is 10.7. The number of carbonyl (C=O) groups is 1. The van der Waals surface area contributed by atoms with Crippen molar-refractivity contribution in [3.05, 3.63) is 34.4 Å². The third-order valence-electron chi connectivity index (χ3n) is 2.92. The Kier molecular flexibility index (Phi) is 5.98. The van der Waals surface area contributed by atoms with Gasteiger partial charge in [0.05, 0.1) is 12.6 Å². The quantitative estimate of drug-likeness (QED) is 0.573. The van der Waals surface area contributed by atoms with Crippen LogP contribution in [0.2, 0.25) is 0 Å². The Bertz CT molecular complexity index is 435. The zero-order valence-electron chi connectivity index (χ0n) is 11.1. The molecule has 18 heavy (non-hydrogen) atoms. The first-order chi connectivity index (χ1) is 7.99. The number of aryl methyl sites for hydroxylation is 3. The summed E-state index contributed by atoms with van der Waals surface area (Å²) >= 11 is 0. The van der Waals surface area contributed by atoms with Crippen molar-refractivity contribution in [3.63, 3.8) is 0 Å². The zero-order chi connectivity index (χ0) is 12.6. The molecule has 0 radical (unpaired) electrons. The summed E-state index contributed by atoms with van der Waals surface area (Å²) in [5.41, 5.74) is 4.18. The second-order valence-electron chi connectivity index (χ2n) is 4.42. The van der Waals surface area contributed by atoms with Crippen molar-refractivity contribution in [1.82, 2.24) is 0 Å². The van der Waals surface area contributed by atoms with Gasteiger partial charge >= 0.3 is 51.4 Å². The van der Waals surface area contributed by atoms with Crippen LogP contribution in [0, 0.1) is 20.8 Å². The predicted molar refractivity (Wildman–Crippen MR) is 59.2 cm³/mol. The van der Waals surface area contributed by atoms with E-state index in [1.54, 1.807) is 0 Å². The van der Waals surface area contributed by atoms with Crippen molar-refractivity contribution in [1.29, 1.82) is 0 Å². The molecule has 0 aliphatic carbocycles. The summed E-state index contributed by atoms with van der Waals surface area (Å²) in [4.78, 5) is 10.7. The molecule has 4 nitrogen and oxygen atoms in total. The molecule has 2 atom stereocenters. The number of aliphatic carboxylic acids is 1. The van der Waals surface area contributed by atoms with E-state index in [2.05, 4.69) is 0 Å². The second kappa shape index (κ2) is 6.61. The standard InChI is InChI=1S/C13H16O4.K/c1-7-4-8(2)11(9(3)5-7)13-16-6-10(17-13)12(14)15;/h4-5,10,13H,6H2,1-3H3,(H,14,15);/q;+1/p-1/t10-,13-;/m0./s1. The second-order valence-corrected chi connectivity index (χ2v) is 4.42. The van der Waals surface area contributed by atoms with Gasteiger partial charge in [-0.2, -0.15) is 0 Å². The fourth-order valence-corrected chi connectivity index (χ4v) is 2.24. The molecule has 0 saturated carbocycles. The minimum atomic E-state index is -1.23. The largest absolute Gasteiger partial charge is 1.00 e. The van der Waals surface area contributed by atoms with Gasteiger partial charge in [-0.15, -0.1) is 0 Å². The fourth-order valence-electron chi connectivity index (χ4n) is 2.24. The number of carbonyl (C=O) groups excluding carboxylic acids is 1. The number of hydrogen-bond acceptors (Lipinski definition) is 4. The summed E-state index contributed by atoms with van der Waals surface area (Å²) in [6.07, 6.45) is -1.57. The van der Waals surface area contributed by atoms with Crippen LogP contribution in [-0.4, -0.2) is 18.7 Å². The van der Waals surface area contributed by atoms with Crippen LogP contribution in [0.4, 0.5) is 0 Å². The molecule has 1 aromatic carbocycles. The van der Waals surface area contributed by atoms with E-state index >= 15 is 0 Å². The third kappa shape index (κ3) is 3.42. The van der Waals surface area contributed by atoms with Crippen LogP contribution < -0.4 is 56.5 Å². The van der Waals surface area contributed by atoms with Crippen molar-refractivity contribution in [3.8, 4) is 0 Å². The summed E-state index contributed by atoms with van der Waals surface area (Å²) in [5, 5.41) is 10.7. The van der Waals surface area contributed by atoms with E-state index in [0.717, 1.165) is 22.3 Å². The molecule has 0 spiro atoms. The van der Waals surface area contributed by atoms with Gasteiger partial charge in [0.2, 0.25) is 0 Å². The van der Waals surface area contributed by atoms with E-state index < -0.39 is 18.4 Å². The minimum Gasteiger partial charge on any atom is -0.547 e. The van der Waals surface area contributed by atoms with Crippen molar-refractivity contribution in [2.45, 2.75) is 33.2 Å². The van der Waals surface area contributed by atoms with Crippen molar-refractivity contribution < 1.29 is 70.8 Å². The smallest absolute Gasteiger partial charge is 0.547 e. The van der Waals surface area contributed by atoms with E-state index in [4.69, 9.17) is 9.47 Å². The van der Waals surface area contributed by atoms with Gasteiger partial charge < -0.3 is 19.4 Å². The molecular formula is C13H15KO4. The maximum absolute atomic E-state index is 10.7. The molecule has 1 aromatic rings. The Labute approximate surface area is 149 Å². The average molecular weight is 274 g/mol. The van der Waals surface area contributed by atoms with Gasteiger partial charge in [-0.1, -0.05) is 17.7 Å². The number of benzene rings is 1. The number of ether oxygens (including phenoxy) is 2. The molecule has 92 valence electrons. The van der Waals surface area contributed by atoms with Crippen LogP contribution in [-0.2, 0) is 14.3 Å². The first-order valence-electron chi connectivity index (χ1n) is 5.54. The molecule has 1 aliphatic heterocycles. The third-order valence-corrected chi connectivity index (χ3v) is 2.92. The van der Waals surface area contributed by atoms with Gasteiger partial charge in [0.25, 0.3) is 0 Å². The van der Waals surface area contributed by atoms with E-state index in [0.29, 0.717) is 0 Å². The maximum atomic E-state index is 10.7. The van der Waals surface area contributed by atoms with Gasteiger partial charge in [-0.05, 0) is 31.9 Å². The van der Waals surface area contributed by atoms with Crippen LogP contribution in [0.3, 0.4) is 0 Å². The number of carboxylic acid groups (broad SMARTS) is 1. The van der Waals surface area contributed by atoms with Gasteiger partial charge in [0.1, 0.15) is 6.10 Å². The molecule has 0 unspecified atom stereocenters. The Morgan fingerprint density at radius 1 is 1.28 bits per heavy atom. The normalized spacial score (nSPS) is 22.6. The molecule has 5 heteroatoms. The van der Waals surface area contributed by atoms with E-state index in [1.165, 1.54) is 0 Å². The van der Waals surface area contributed by atoms with Crippen molar-refractivity contribution in [2.24, 2.45) is 0 Å². The molecule has 0 N–H and O–H groups in total. The Morgan fingerprint density at radius 3 is 2.28 bits per heavy atom. The number of hydrogen-bond donors (Lipinski definition) is 0. The fraction of sp³-hybridized carbons (Fsp3) is 0.462. The molecule has 1 fully saturated rings. The summed E-state index contributed by atoms with van der Waals surface area (Å²) in [6, 6.07) is 4.06. The van der Waals surface area contributed by atoms with E-state index in [-0.39, 0.29) is 58.0 Å². The number of rotatable bonds is 2. The van der Waals surface area contributed by atoms with Crippen molar-refractivity contribution >= 4 is 5.97 Å². The Balaban J connectivity index is 0.00000162. The average Bonchev–Trinajstić information content (AvgIpc) is 2.65. The zero-order valence-corrected chi connectivity index (χ0v) is 14.3. The molecule has 1 saturated heterocycles. The van der Waals surface area contributed by atoms with Gasteiger partial charge in [0, 0.05) is 5.56 Å². The molecule has 0 bridgehead atoms. The van der Waals surface area contributed by atoms with Gasteiger partial charge in [0.15, 0.2) is 6.29 Å². The van der Waals surface area contributed by atoms with Crippen LogP contribution in [0.5, 0.6) is 0 Å². The van der Waals surface area contributed by atoms with E-state index in [1.807, 2.05) is 32.9 Å².